The lowest BCUT2D eigenvalue weighted by Gasteiger charge is -2.30. The van der Waals surface area contributed by atoms with Gasteiger partial charge in [-0.15, -0.1) is 0 Å². The number of rotatable bonds is 5. The monoisotopic (exact) mass is 482 g/mol. The minimum absolute atomic E-state index is 0. The molecule has 10 nitrogen and oxygen atoms in total. The molecule has 0 aromatic heterocycles. The van der Waals surface area contributed by atoms with Crippen molar-refractivity contribution in [2.75, 3.05) is 27.2 Å². The summed E-state index contributed by atoms with van der Waals surface area (Å²) in [6, 6.07) is 9.68. The number of nitrogens with zero attached hydrogens (tertiary/aromatic N) is 3. The van der Waals surface area contributed by atoms with Crippen molar-refractivity contribution in [2.45, 2.75) is 55.5 Å². The van der Waals surface area contributed by atoms with Crippen LogP contribution in [0.3, 0.4) is 0 Å². The summed E-state index contributed by atoms with van der Waals surface area (Å²) in [6.07, 6.45) is 5.33. The van der Waals surface area contributed by atoms with Gasteiger partial charge in [0.25, 0.3) is 10.1 Å². The Hall–Kier alpha value is -2.52. The van der Waals surface area contributed by atoms with Crippen LogP contribution < -0.4 is 5.32 Å². The highest BCUT2D eigenvalue weighted by atomic mass is 32.2. The van der Waals surface area contributed by atoms with Crippen LogP contribution in [0.5, 0.6) is 0 Å². The summed E-state index contributed by atoms with van der Waals surface area (Å²) in [6.45, 7) is 0.998. The average Bonchev–Trinajstić information content (AvgIpc) is 3.27. The van der Waals surface area contributed by atoms with E-state index in [0.717, 1.165) is 38.5 Å². The molecule has 1 heterocycles. The molecule has 2 fully saturated rings. The number of nitrogens with one attached hydrogen (secondary N) is 1. The maximum Gasteiger partial charge on any atom is 0.294 e. The van der Waals surface area contributed by atoms with Gasteiger partial charge in [0, 0.05) is 32.6 Å². The first kappa shape index (κ1) is 28.5. The minimum Gasteiger partial charge on any atom is -0.412 e. The van der Waals surface area contributed by atoms with E-state index in [-0.39, 0.29) is 34.1 Å². The summed E-state index contributed by atoms with van der Waals surface area (Å²) in [5.41, 5.74) is 0. The van der Waals surface area contributed by atoms with E-state index in [1.165, 1.54) is 12.1 Å². The van der Waals surface area contributed by atoms with Gasteiger partial charge >= 0.3 is 0 Å². The third-order valence-corrected chi connectivity index (χ3v) is 6.69. The topological polar surface area (TPSA) is 162 Å². The van der Waals surface area contributed by atoms with E-state index < -0.39 is 10.1 Å². The van der Waals surface area contributed by atoms with E-state index in [1.54, 1.807) is 42.1 Å². The molecule has 1 saturated heterocycles. The molecule has 3 rings (SSSR count). The number of amides is 2. The van der Waals surface area contributed by atoms with Crippen molar-refractivity contribution in [2.24, 2.45) is 5.92 Å². The Bertz CT molecular complexity index is 909. The van der Waals surface area contributed by atoms with Crippen LogP contribution in [-0.4, -0.2) is 79.3 Å². The van der Waals surface area contributed by atoms with Gasteiger partial charge in [-0.3, -0.25) is 14.1 Å². The van der Waals surface area contributed by atoms with Gasteiger partial charge in [-0.2, -0.15) is 13.7 Å². The number of nitriles is 1. The molecular weight excluding hydrogens is 448 g/mol. The van der Waals surface area contributed by atoms with Crippen LogP contribution in [0.1, 0.15) is 38.5 Å². The first-order valence-corrected chi connectivity index (χ1v) is 12.2. The SMILES string of the molecule is CN(C)C(=O)[C@H]1CC[C@H](NCC(=O)N2CCC[C@H]2C#N)CC1.O.O=S(=O)(O)c1ccccc1. The van der Waals surface area contributed by atoms with E-state index >= 15 is 0 Å². The van der Waals surface area contributed by atoms with Gasteiger partial charge in [0.1, 0.15) is 6.04 Å². The van der Waals surface area contributed by atoms with Crippen LogP contribution >= 0.6 is 0 Å². The highest BCUT2D eigenvalue weighted by Crippen LogP contribution is 2.25. The maximum atomic E-state index is 12.2. The highest BCUT2D eigenvalue weighted by molar-refractivity contribution is 7.85. The quantitative estimate of drug-likeness (QED) is 0.588. The Labute approximate surface area is 195 Å². The largest absolute Gasteiger partial charge is 0.412 e. The Balaban J connectivity index is 0.000000417. The number of likely N-dealkylation sites (tertiary alicyclic amines) is 1. The lowest BCUT2D eigenvalue weighted by atomic mass is 9.85. The van der Waals surface area contributed by atoms with E-state index in [2.05, 4.69) is 11.4 Å². The second-order valence-corrected chi connectivity index (χ2v) is 9.75. The number of hydrogen-bond donors (Lipinski definition) is 2. The smallest absolute Gasteiger partial charge is 0.294 e. The first-order valence-electron chi connectivity index (χ1n) is 10.8. The van der Waals surface area contributed by atoms with Crippen molar-refractivity contribution < 1.29 is 28.0 Å². The van der Waals surface area contributed by atoms with Gasteiger partial charge in [-0.05, 0) is 50.7 Å². The van der Waals surface area contributed by atoms with Crippen molar-refractivity contribution in [1.29, 1.82) is 5.26 Å². The van der Waals surface area contributed by atoms with Gasteiger partial charge in [0.2, 0.25) is 11.8 Å². The van der Waals surface area contributed by atoms with Crippen LogP contribution in [0, 0.1) is 17.2 Å². The summed E-state index contributed by atoms with van der Waals surface area (Å²) in [5.74, 6) is 0.365. The van der Waals surface area contributed by atoms with Crippen LogP contribution in [0.2, 0.25) is 0 Å². The lowest BCUT2D eigenvalue weighted by molar-refractivity contribution is -0.134. The molecule has 1 aliphatic carbocycles. The van der Waals surface area contributed by atoms with Gasteiger partial charge in [-0.25, -0.2) is 0 Å². The zero-order chi connectivity index (χ0) is 23.7. The molecule has 4 N–H and O–H groups in total. The summed E-state index contributed by atoms with van der Waals surface area (Å²) >= 11 is 0. The van der Waals surface area contributed by atoms with Gasteiger partial charge in [-0.1, -0.05) is 18.2 Å². The molecule has 1 atom stereocenters. The fraction of sp³-hybridized carbons (Fsp3) is 0.591. The molecule has 1 aromatic carbocycles. The normalized spacial score (nSPS) is 22.2. The van der Waals surface area contributed by atoms with Crippen molar-refractivity contribution in [3.8, 4) is 6.07 Å². The van der Waals surface area contributed by atoms with E-state index in [4.69, 9.17) is 9.81 Å². The molecule has 33 heavy (non-hydrogen) atoms. The zero-order valence-electron chi connectivity index (χ0n) is 19.1. The number of benzene rings is 1. The Kier molecular flexibility index (Phi) is 11.4. The van der Waals surface area contributed by atoms with Crippen molar-refractivity contribution in [3.63, 3.8) is 0 Å². The number of carbonyl (C=O) groups excluding carboxylic acids is 2. The van der Waals surface area contributed by atoms with Gasteiger partial charge < -0.3 is 20.6 Å². The average molecular weight is 483 g/mol. The summed E-state index contributed by atoms with van der Waals surface area (Å²) < 4.78 is 29.2. The molecule has 1 saturated carbocycles. The lowest BCUT2D eigenvalue weighted by Crippen LogP contribution is -2.45. The first-order chi connectivity index (χ1) is 15.1. The predicted molar refractivity (Wildman–Crippen MR) is 123 cm³/mol. The number of carbonyl (C=O) groups is 2. The molecular formula is C22H34N4O6S. The standard InChI is InChI=1S/C16H26N4O2.C6H6O3S.H2O/c1-19(2)16(22)12-5-7-13(8-6-12)18-11-15(21)20-9-3-4-14(20)10-17;7-10(8,9)6-4-2-1-3-5-6;/h12-14,18H,3-9,11H2,1-2H3;1-5H,(H,7,8,9);1H2/t12-,13-,14-;;/m0../s1. The second kappa shape index (κ2) is 13.3. The van der Waals surface area contributed by atoms with Crippen LogP contribution in [0.25, 0.3) is 0 Å². The molecule has 184 valence electrons. The van der Waals surface area contributed by atoms with Gasteiger partial charge in [0.05, 0.1) is 17.5 Å². The third kappa shape index (κ3) is 8.74. The zero-order valence-corrected chi connectivity index (χ0v) is 19.9. The van der Waals surface area contributed by atoms with E-state index in [0.29, 0.717) is 19.1 Å². The van der Waals surface area contributed by atoms with Crippen molar-refractivity contribution in [3.05, 3.63) is 30.3 Å². The van der Waals surface area contributed by atoms with Crippen LogP contribution in [-0.2, 0) is 19.7 Å². The molecule has 0 bridgehead atoms. The summed E-state index contributed by atoms with van der Waals surface area (Å²) in [7, 11) is -0.406. The molecule has 1 aromatic rings. The van der Waals surface area contributed by atoms with E-state index in [1.807, 2.05) is 0 Å². The molecule has 0 unspecified atom stereocenters. The predicted octanol–water partition coefficient (Wildman–Crippen LogP) is 0.846. The Morgan fingerprint density at radius 2 is 1.76 bits per heavy atom. The summed E-state index contributed by atoms with van der Waals surface area (Å²) in [5, 5.41) is 12.3. The minimum atomic E-state index is -4.00. The highest BCUT2D eigenvalue weighted by Gasteiger charge is 2.30. The molecule has 1 aliphatic heterocycles. The van der Waals surface area contributed by atoms with Crippen LogP contribution in [0.4, 0.5) is 0 Å². The summed E-state index contributed by atoms with van der Waals surface area (Å²) in [4.78, 5) is 27.4. The third-order valence-electron chi connectivity index (χ3n) is 5.82. The van der Waals surface area contributed by atoms with Gasteiger partial charge in [0.15, 0.2) is 0 Å². The maximum absolute atomic E-state index is 12.2. The second-order valence-electron chi connectivity index (χ2n) is 8.32. The molecule has 0 radical (unpaired) electrons. The Morgan fingerprint density at radius 1 is 1.15 bits per heavy atom. The van der Waals surface area contributed by atoms with Crippen molar-refractivity contribution in [1.82, 2.24) is 15.1 Å². The van der Waals surface area contributed by atoms with Crippen LogP contribution in [0.15, 0.2) is 35.2 Å². The van der Waals surface area contributed by atoms with E-state index in [9.17, 15) is 18.0 Å². The molecule has 2 amide bonds. The fourth-order valence-corrected chi connectivity index (χ4v) is 4.54. The fourth-order valence-electron chi connectivity index (χ4n) is 4.03. The number of hydrogen-bond acceptors (Lipinski definition) is 6. The van der Waals surface area contributed by atoms with Crippen molar-refractivity contribution >= 4 is 21.9 Å². The Morgan fingerprint density at radius 3 is 2.24 bits per heavy atom. The molecule has 11 heteroatoms. The molecule has 2 aliphatic rings. The molecule has 0 spiro atoms.